The van der Waals surface area contributed by atoms with Crippen molar-refractivity contribution in [1.82, 2.24) is 0 Å². The van der Waals surface area contributed by atoms with E-state index in [0.717, 1.165) is 16.4 Å². The van der Waals surface area contributed by atoms with Crippen molar-refractivity contribution in [2.45, 2.75) is 18.6 Å². The van der Waals surface area contributed by atoms with Crippen LogP contribution in [0.4, 0.5) is 0 Å². The Bertz CT molecular complexity index is 178. The van der Waals surface area contributed by atoms with E-state index >= 15 is 0 Å². The Labute approximate surface area is 63.7 Å². The van der Waals surface area contributed by atoms with Crippen LogP contribution in [0.1, 0.15) is 13.3 Å². The van der Waals surface area contributed by atoms with Crippen LogP contribution < -0.4 is 0 Å². The summed E-state index contributed by atoms with van der Waals surface area (Å²) in [5, 5.41) is 9.37. The van der Waals surface area contributed by atoms with Crippen molar-refractivity contribution in [2.24, 2.45) is 0 Å². The zero-order chi connectivity index (χ0) is 6.85. The molecule has 0 fully saturated rings. The number of hydrogen-bond acceptors (Lipinski definition) is 2. The zero-order valence-electron chi connectivity index (χ0n) is 5.02. The molecular weight excluding hydrogens is 154 g/mol. The minimum atomic E-state index is 0.0671. The third-order valence-corrected chi connectivity index (χ3v) is 2.92. The number of hydrogen-bond donors (Lipinski definition) is 0. The first-order chi connectivity index (χ1) is 4.24. The molecule has 0 saturated carbocycles. The molecule has 1 heterocycles. The number of halogens is 1. The molecule has 0 aromatic carbocycles. The Kier molecular flexibility index (Phi) is 2.05. The first kappa shape index (κ1) is 6.98. The smallest absolute Gasteiger partial charge is 0.101 e. The first-order valence-electron chi connectivity index (χ1n) is 2.65. The second-order valence-corrected chi connectivity index (χ2v) is 3.77. The minimum absolute atomic E-state index is 0.0671. The molecule has 0 aliphatic carbocycles. The lowest BCUT2D eigenvalue weighted by atomic mass is 10.3. The lowest BCUT2D eigenvalue weighted by Crippen LogP contribution is -1.89. The largest absolute Gasteiger partial charge is 0.197 e. The molecule has 0 bridgehead atoms. The highest BCUT2D eigenvalue weighted by atomic mass is 35.5. The van der Waals surface area contributed by atoms with E-state index in [1.807, 2.05) is 6.92 Å². The lowest BCUT2D eigenvalue weighted by Gasteiger charge is -1.91. The van der Waals surface area contributed by atoms with Crippen LogP contribution in [-0.2, 0) is 0 Å². The summed E-state index contributed by atoms with van der Waals surface area (Å²) in [5.41, 5.74) is 0. The lowest BCUT2D eigenvalue weighted by molar-refractivity contribution is 1.08. The summed E-state index contributed by atoms with van der Waals surface area (Å²) in [4.78, 5) is 1.10. The van der Waals surface area contributed by atoms with Crippen molar-refractivity contribution in [3.05, 3.63) is 9.94 Å². The Morgan fingerprint density at radius 2 is 2.56 bits per heavy atom. The molecule has 3 heteroatoms. The molecule has 0 amide bonds. The Hall–Kier alpha value is -0.130. The van der Waals surface area contributed by atoms with Crippen LogP contribution in [-0.4, -0.2) is 5.25 Å². The van der Waals surface area contributed by atoms with Gasteiger partial charge in [0.2, 0.25) is 0 Å². The molecule has 48 valence electrons. The quantitative estimate of drug-likeness (QED) is 0.542. The Balaban J connectivity index is 2.61. The molecule has 0 aromatic rings. The van der Waals surface area contributed by atoms with E-state index in [1.54, 1.807) is 11.8 Å². The van der Waals surface area contributed by atoms with Crippen molar-refractivity contribution in [2.75, 3.05) is 0 Å². The molecule has 1 aliphatic heterocycles. The summed E-state index contributed by atoms with van der Waals surface area (Å²) in [6.45, 7) is 1.95. The number of nitrogens with zero attached hydrogens (tertiary/aromatic N) is 1. The number of rotatable bonds is 0. The van der Waals surface area contributed by atoms with E-state index in [2.05, 4.69) is 6.07 Å². The van der Waals surface area contributed by atoms with Crippen molar-refractivity contribution < 1.29 is 0 Å². The van der Waals surface area contributed by atoms with Crippen LogP contribution in [0.5, 0.6) is 0 Å². The number of thioether (sulfide) groups is 1. The van der Waals surface area contributed by atoms with Crippen LogP contribution in [0.25, 0.3) is 0 Å². The maximum absolute atomic E-state index is 8.45. The van der Waals surface area contributed by atoms with Gasteiger partial charge in [0.25, 0.3) is 0 Å². The van der Waals surface area contributed by atoms with E-state index in [9.17, 15) is 0 Å². The molecule has 1 unspecified atom stereocenters. The zero-order valence-corrected chi connectivity index (χ0v) is 6.59. The first-order valence-corrected chi connectivity index (χ1v) is 3.91. The summed E-state index contributed by atoms with van der Waals surface area (Å²) >= 11 is 7.30. The second-order valence-electron chi connectivity index (χ2n) is 1.90. The fourth-order valence-electron chi connectivity index (χ4n) is 0.697. The van der Waals surface area contributed by atoms with Crippen LogP contribution in [0, 0.1) is 11.3 Å². The van der Waals surface area contributed by atoms with Gasteiger partial charge in [0.1, 0.15) is 5.25 Å². The summed E-state index contributed by atoms with van der Waals surface area (Å²) < 4.78 is 0. The minimum Gasteiger partial charge on any atom is -0.197 e. The van der Waals surface area contributed by atoms with Gasteiger partial charge in [-0.1, -0.05) is 11.6 Å². The molecule has 0 radical (unpaired) electrons. The fourth-order valence-corrected chi connectivity index (χ4v) is 2.02. The second kappa shape index (κ2) is 2.64. The predicted molar refractivity (Wildman–Crippen MR) is 40.2 cm³/mol. The number of nitriles is 1. The molecule has 0 N–H and O–H groups in total. The molecule has 1 nitrogen and oxygen atoms in total. The van der Waals surface area contributed by atoms with E-state index in [-0.39, 0.29) is 5.25 Å². The Morgan fingerprint density at radius 3 is 2.78 bits per heavy atom. The van der Waals surface area contributed by atoms with Gasteiger partial charge in [-0.05, 0) is 11.8 Å². The SMILES string of the molecule is CC1=C(Cl)CC(C#N)S1. The van der Waals surface area contributed by atoms with E-state index in [1.165, 1.54) is 0 Å². The molecule has 0 saturated heterocycles. The van der Waals surface area contributed by atoms with Crippen molar-refractivity contribution >= 4 is 23.4 Å². The van der Waals surface area contributed by atoms with E-state index < -0.39 is 0 Å². The van der Waals surface area contributed by atoms with Gasteiger partial charge in [-0.3, -0.25) is 0 Å². The van der Waals surface area contributed by atoms with Crippen LogP contribution in [0.15, 0.2) is 9.94 Å². The van der Waals surface area contributed by atoms with E-state index in [0.29, 0.717) is 0 Å². The molecule has 1 aliphatic rings. The highest BCUT2D eigenvalue weighted by Gasteiger charge is 2.19. The van der Waals surface area contributed by atoms with Gasteiger partial charge in [-0.15, -0.1) is 11.8 Å². The van der Waals surface area contributed by atoms with Gasteiger partial charge in [-0.25, -0.2) is 0 Å². The van der Waals surface area contributed by atoms with Gasteiger partial charge in [-0.2, -0.15) is 5.26 Å². The van der Waals surface area contributed by atoms with Crippen LogP contribution in [0.3, 0.4) is 0 Å². The molecule has 9 heavy (non-hydrogen) atoms. The van der Waals surface area contributed by atoms with Gasteiger partial charge in [0, 0.05) is 11.5 Å². The third-order valence-electron chi connectivity index (χ3n) is 1.21. The molecule has 0 spiro atoms. The van der Waals surface area contributed by atoms with Crippen molar-refractivity contribution in [1.29, 1.82) is 5.26 Å². The highest BCUT2D eigenvalue weighted by Crippen LogP contribution is 2.38. The van der Waals surface area contributed by atoms with Crippen LogP contribution in [0.2, 0.25) is 0 Å². The molecule has 1 rings (SSSR count). The predicted octanol–water partition coefficient (Wildman–Crippen LogP) is 2.49. The van der Waals surface area contributed by atoms with Crippen LogP contribution >= 0.6 is 23.4 Å². The molecular formula is C6H6ClNS. The number of allylic oxidation sites excluding steroid dienone is 2. The van der Waals surface area contributed by atoms with Gasteiger partial charge >= 0.3 is 0 Å². The average molecular weight is 160 g/mol. The topological polar surface area (TPSA) is 23.8 Å². The Morgan fingerprint density at radius 1 is 1.89 bits per heavy atom. The summed E-state index contributed by atoms with van der Waals surface area (Å²) in [5.74, 6) is 0. The molecule has 1 atom stereocenters. The van der Waals surface area contributed by atoms with Gasteiger partial charge in [0.05, 0.1) is 6.07 Å². The standard InChI is InChI=1S/C6H6ClNS/c1-4-6(7)2-5(3-8)9-4/h5H,2H2,1H3. The van der Waals surface area contributed by atoms with Gasteiger partial charge in [0.15, 0.2) is 0 Å². The van der Waals surface area contributed by atoms with Crippen molar-refractivity contribution in [3.8, 4) is 6.07 Å². The maximum atomic E-state index is 8.45. The maximum Gasteiger partial charge on any atom is 0.101 e. The third kappa shape index (κ3) is 1.41. The van der Waals surface area contributed by atoms with Crippen molar-refractivity contribution in [3.63, 3.8) is 0 Å². The average Bonchev–Trinajstić information content (AvgIpc) is 2.13. The highest BCUT2D eigenvalue weighted by molar-refractivity contribution is 8.04. The molecule has 0 aromatic heterocycles. The summed E-state index contributed by atoms with van der Waals surface area (Å²) in [6, 6.07) is 2.16. The monoisotopic (exact) mass is 159 g/mol. The summed E-state index contributed by atoms with van der Waals surface area (Å²) in [6.07, 6.45) is 0.731. The normalized spacial score (nSPS) is 26.6. The van der Waals surface area contributed by atoms with Gasteiger partial charge < -0.3 is 0 Å². The fraction of sp³-hybridized carbons (Fsp3) is 0.500. The van der Waals surface area contributed by atoms with E-state index in [4.69, 9.17) is 16.9 Å². The summed E-state index contributed by atoms with van der Waals surface area (Å²) in [7, 11) is 0.